The van der Waals surface area contributed by atoms with Crippen LogP contribution in [0.1, 0.15) is 31.1 Å². The Hall–Kier alpha value is -2.54. The molecule has 2 N–H and O–H groups in total. The summed E-state index contributed by atoms with van der Waals surface area (Å²) in [5, 5.41) is 2.76. The zero-order valence-electron chi connectivity index (χ0n) is 14.4. The maximum atomic E-state index is 12.5. The van der Waals surface area contributed by atoms with E-state index in [2.05, 4.69) is 10.0 Å². The molecule has 0 aliphatic carbocycles. The number of nitrogens with one attached hydrogen (secondary N) is 2. The summed E-state index contributed by atoms with van der Waals surface area (Å²) in [6.45, 7) is 5.97. The van der Waals surface area contributed by atoms with Crippen LogP contribution in [0.4, 0.5) is 5.69 Å². The van der Waals surface area contributed by atoms with Crippen molar-refractivity contribution in [1.29, 1.82) is 0 Å². The van der Waals surface area contributed by atoms with Crippen LogP contribution < -0.4 is 14.8 Å². The number of carbonyl (C=O) groups is 1. The van der Waals surface area contributed by atoms with Gasteiger partial charge in [-0.1, -0.05) is 12.1 Å². The molecule has 0 fully saturated rings. The van der Waals surface area contributed by atoms with Crippen molar-refractivity contribution in [3.05, 3.63) is 54.1 Å². The lowest BCUT2D eigenvalue weighted by Gasteiger charge is -2.13. The van der Waals surface area contributed by atoms with Crippen molar-refractivity contribution in [2.24, 2.45) is 0 Å². The zero-order valence-corrected chi connectivity index (χ0v) is 15.3. The first-order valence-electron chi connectivity index (χ1n) is 7.99. The van der Waals surface area contributed by atoms with Gasteiger partial charge < -0.3 is 10.1 Å². The van der Waals surface area contributed by atoms with E-state index in [1.54, 1.807) is 24.3 Å². The van der Waals surface area contributed by atoms with Crippen molar-refractivity contribution >= 4 is 21.6 Å². The lowest BCUT2D eigenvalue weighted by molar-refractivity contribution is 0.0943. The molecule has 2 aromatic carbocycles. The fraction of sp³-hybridized carbons (Fsp3) is 0.278. The van der Waals surface area contributed by atoms with Crippen LogP contribution in [-0.2, 0) is 10.0 Å². The Morgan fingerprint density at radius 3 is 2.32 bits per heavy atom. The number of hydrogen-bond donors (Lipinski definition) is 2. The second-order valence-electron chi connectivity index (χ2n) is 5.69. The van der Waals surface area contributed by atoms with Gasteiger partial charge in [0.15, 0.2) is 0 Å². The Bertz CT molecular complexity index is 830. The van der Waals surface area contributed by atoms with E-state index >= 15 is 0 Å². The van der Waals surface area contributed by atoms with Crippen molar-refractivity contribution in [2.75, 3.05) is 11.3 Å². The van der Waals surface area contributed by atoms with Gasteiger partial charge in [0.25, 0.3) is 15.9 Å². The first kappa shape index (κ1) is 18.8. The minimum absolute atomic E-state index is 0.00708. The number of para-hydroxylation sites is 2. The summed E-state index contributed by atoms with van der Waals surface area (Å²) in [5.41, 5.74) is 0.772. The molecule has 6 nitrogen and oxygen atoms in total. The van der Waals surface area contributed by atoms with Crippen LogP contribution in [0.25, 0.3) is 0 Å². The molecule has 2 aromatic rings. The average Bonchev–Trinajstić information content (AvgIpc) is 2.56. The number of anilines is 1. The highest BCUT2D eigenvalue weighted by atomic mass is 32.2. The number of ether oxygens (including phenoxy) is 1. The quantitative estimate of drug-likeness (QED) is 0.793. The topological polar surface area (TPSA) is 84.5 Å². The number of hydrogen-bond acceptors (Lipinski definition) is 4. The Morgan fingerprint density at radius 1 is 1.08 bits per heavy atom. The second-order valence-corrected chi connectivity index (χ2v) is 7.37. The predicted octanol–water partition coefficient (Wildman–Crippen LogP) is 3.02. The first-order chi connectivity index (χ1) is 11.8. The summed E-state index contributed by atoms with van der Waals surface area (Å²) < 4.78 is 33.0. The van der Waals surface area contributed by atoms with Crippen LogP contribution in [0.2, 0.25) is 0 Å². The van der Waals surface area contributed by atoms with Crippen LogP contribution >= 0.6 is 0 Å². The molecule has 0 aliphatic heterocycles. The van der Waals surface area contributed by atoms with Crippen molar-refractivity contribution in [2.45, 2.75) is 31.7 Å². The van der Waals surface area contributed by atoms with E-state index in [-0.39, 0.29) is 16.8 Å². The molecular weight excluding hydrogens is 340 g/mol. The Morgan fingerprint density at radius 2 is 1.72 bits per heavy atom. The van der Waals surface area contributed by atoms with E-state index < -0.39 is 10.0 Å². The molecule has 2 rings (SSSR count). The van der Waals surface area contributed by atoms with Crippen LogP contribution in [0.5, 0.6) is 5.75 Å². The molecule has 0 spiro atoms. The Balaban J connectivity index is 2.21. The summed E-state index contributed by atoms with van der Waals surface area (Å²) in [4.78, 5) is 12.0. The molecule has 0 unspecified atom stereocenters. The minimum Gasteiger partial charge on any atom is -0.492 e. The monoisotopic (exact) mass is 362 g/mol. The van der Waals surface area contributed by atoms with E-state index in [0.717, 1.165) is 0 Å². The molecule has 0 heterocycles. The van der Waals surface area contributed by atoms with E-state index in [4.69, 9.17) is 4.74 Å². The lowest BCUT2D eigenvalue weighted by atomic mass is 10.2. The third-order valence-corrected chi connectivity index (χ3v) is 4.66. The van der Waals surface area contributed by atoms with E-state index in [0.29, 0.717) is 23.6 Å². The Kier molecular flexibility index (Phi) is 6.03. The molecular formula is C18H22N2O4S. The van der Waals surface area contributed by atoms with Gasteiger partial charge in [0.2, 0.25) is 0 Å². The third kappa shape index (κ3) is 4.96. The van der Waals surface area contributed by atoms with Gasteiger partial charge in [-0.2, -0.15) is 0 Å². The van der Waals surface area contributed by atoms with Crippen LogP contribution in [0, 0.1) is 0 Å². The highest BCUT2D eigenvalue weighted by molar-refractivity contribution is 7.92. The number of rotatable bonds is 7. The van der Waals surface area contributed by atoms with Gasteiger partial charge in [-0.15, -0.1) is 0 Å². The van der Waals surface area contributed by atoms with Crippen molar-refractivity contribution in [1.82, 2.24) is 5.32 Å². The molecule has 25 heavy (non-hydrogen) atoms. The van der Waals surface area contributed by atoms with Gasteiger partial charge in [0, 0.05) is 11.6 Å². The highest BCUT2D eigenvalue weighted by Gasteiger charge is 2.17. The predicted molar refractivity (Wildman–Crippen MR) is 97.5 cm³/mol. The summed E-state index contributed by atoms with van der Waals surface area (Å²) in [6.07, 6.45) is 0. The Labute approximate surface area is 148 Å². The standard InChI is InChI=1S/C18H22N2O4S/c1-4-24-17-8-6-5-7-16(17)20-25(22,23)15-11-9-14(10-12-15)18(21)19-13(2)3/h5-13,20H,4H2,1-3H3,(H,19,21). The molecule has 0 aliphatic rings. The lowest BCUT2D eigenvalue weighted by Crippen LogP contribution is -2.30. The van der Waals surface area contributed by atoms with Crippen molar-refractivity contribution in [3.8, 4) is 5.75 Å². The molecule has 7 heteroatoms. The molecule has 1 amide bonds. The van der Waals surface area contributed by atoms with E-state index in [9.17, 15) is 13.2 Å². The average molecular weight is 362 g/mol. The van der Waals surface area contributed by atoms with Crippen LogP contribution in [-0.4, -0.2) is 27.0 Å². The van der Waals surface area contributed by atoms with Gasteiger partial charge in [-0.3, -0.25) is 9.52 Å². The van der Waals surface area contributed by atoms with Gasteiger partial charge in [0.05, 0.1) is 17.2 Å². The summed E-state index contributed by atoms with van der Waals surface area (Å²) in [5.74, 6) is 0.218. The number of benzene rings is 2. The number of carbonyl (C=O) groups excluding carboxylic acids is 1. The fourth-order valence-electron chi connectivity index (χ4n) is 2.17. The van der Waals surface area contributed by atoms with E-state index in [1.165, 1.54) is 24.3 Å². The third-order valence-electron chi connectivity index (χ3n) is 3.28. The van der Waals surface area contributed by atoms with Crippen LogP contribution in [0.3, 0.4) is 0 Å². The molecule has 0 saturated carbocycles. The summed E-state index contributed by atoms with van der Waals surface area (Å²) in [7, 11) is -3.78. The second kappa shape index (κ2) is 8.02. The SMILES string of the molecule is CCOc1ccccc1NS(=O)(=O)c1ccc(C(=O)NC(C)C)cc1. The fourth-order valence-corrected chi connectivity index (χ4v) is 3.24. The largest absolute Gasteiger partial charge is 0.492 e. The molecule has 0 bridgehead atoms. The number of amides is 1. The van der Waals surface area contributed by atoms with Gasteiger partial charge in [-0.25, -0.2) is 8.42 Å². The van der Waals surface area contributed by atoms with Gasteiger partial charge >= 0.3 is 0 Å². The van der Waals surface area contributed by atoms with Crippen LogP contribution in [0.15, 0.2) is 53.4 Å². The molecule has 0 aromatic heterocycles. The maximum absolute atomic E-state index is 12.5. The molecule has 0 saturated heterocycles. The van der Waals surface area contributed by atoms with Crippen molar-refractivity contribution in [3.63, 3.8) is 0 Å². The maximum Gasteiger partial charge on any atom is 0.262 e. The van der Waals surface area contributed by atoms with Crippen molar-refractivity contribution < 1.29 is 17.9 Å². The zero-order chi connectivity index (χ0) is 18.4. The summed E-state index contributed by atoms with van der Waals surface area (Å²) >= 11 is 0. The first-order valence-corrected chi connectivity index (χ1v) is 9.47. The summed E-state index contributed by atoms with van der Waals surface area (Å²) in [6, 6.07) is 12.6. The van der Waals surface area contributed by atoms with Gasteiger partial charge in [0.1, 0.15) is 5.75 Å². The molecule has 0 radical (unpaired) electrons. The smallest absolute Gasteiger partial charge is 0.262 e. The minimum atomic E-state index is -3.78. The number of sulfonamides is 1. The molecule has 0 atom stereocenters. The molecule has 134 valence electrons. The highest BCUT2D eigenvalue weighted by Crippen LogP contribution is 2.26. The van der Waals surface area contributed by atoms with Gasteiger partial charge in [-0.05, 0) is 57.2 Å². The van der Waals surface area contributed by atoms with E-state index in [1.807, 2.05) is 20.8 Å². The normalized spacial score (nSPS) is 11.2.